The van der Waals surface area contributed by atoms with Crippen LogP contribution in [0, 0.1) is 17.5 Å². The number of aromatic nitrogens is 3. The van der Waals surface area contributed by atoms with Crippen LogP contribution in [0.4, 0.5) is 23.8 Å². The van der Waals surface area contributed by atoms with Gasteiger partial charge in [0.25, 0.3) is 0 Å². The summed E-state index contributed by atoms with van der Waals surface area (Å²) in [5.74, 6) is -1.78. The summed E-state index contributed by atoms with van der Waals surface area (Å²) in [5, 5.41) is 3.78. The number of carbonyl (C=O) groups is 2. The van der Waals surface area contributed by atoms with Gasteiger partial charge < -0.3 is 14.6 Å². The van der Waals surface area contributed by atoms with E-state index in [1.54, 1.807) is 25.5 Å². The Balaban J connectivity index is 1.38. The number of pyridine rings is 1. The zero-order valence-electron chi connectivity index (χ0n) is 20.6. The van der Waals surface area contributed by atoms with Crippen LogP contribution in [-0.2, 0) is 22.4 Å². The number of amides is 2. The number of aromatic amines is 1. The number of rotatable bonds is 10. The number of halogens is 3. The molecule has 2 N–H and O–H groups in total. The Kier molecular flexibility index (Phi) is 8.57. The summed E-state index contributed by atoms with van der Waals surface area (Å²) >= 11 is 0. The molecule has 198 valence electrons. The van der Waals surface area contributed by atoms with Crippen molar-refractivity contribution in [3.63, 3.8) is 0 Å². The molecular formula is C27H26F3N5O3. The van der Waals surface area contributed by atoms with Gasteiger partial charge in [-0.3, -0.25) is 10.1 Å². The average molecular weight is 526 g/mol. The van der Waals surface area contributed by atoms with Crippen LogP contribution in [0.15, 0.2) is 61.1 Å². The molecule has 0 unspecified atom stereocenters. The first-order chi connectivity index (χ1) is 18.3. The predicted molar refractivity (Wildman–Crippen MR) is 135 cm³/mol. The third-order valence-corrected chi connectivity index (χ3v) is 6.17. The topological polar surface area (TPSA) is 100 Å². The number of nitrogens with zero attached hydrogens (tertiary/aromatic N) is 3. The van der Waals surface area contributed by atoms with Crippen molar-refractivity contribution in [2.24, 2.45) is 0 Å². The zero-order chi connectivity index (χ0) is 27.1. The highest BCUT2D eigenvalue weighted by molar-refractivity contribution is 5.89. The van der Waals surface area contributed by atoms with Gasteiger partial charge in [-0.2, -0.15) is 0 Å². The Morgan fingerprint density at radius 1 is 1.08 bits per heavy atom. The van der Waals surface area contributed by atoms with Crippen LogP contribution >= 0.6 is 0 Å². The number of benzene rings is 2. The van der Waals surface area contributed by atoms with E-state index in [-0.39, 0.29) is 36.7 Å². The molecule has 0 radical (unpaired) electrons. The summed E-state index contributed by atoms with van der Waals surface area (Å²) in [4.78, 5) is 38.1. The first kappa shape index (κ1) is 26.6. The molecule has 0 aliphatic rings. The van der Waals surface area contributed by atoms with Crippen LogP contribution in [0.5, 0.6) is 0 Å². The lowest BCUT2D eigenvalue weighted by molar-refractivity contribution is -0.132. The second-order valence-corrected chi connectivity index (χ2v) is 8.73. The number of nitrogens with one attached hydrogen (secondary N) is 2. The maximum absolute atomic E-state index is 14.0. The van der Waals surface area contributed by atoms with Crippen LogP contribution in [0.2, 0.25) is 0 Å². The number of H-pyrrole nitrogens is 1. The molecule has 1 atom stereocenters. The predicted octanol–water partition coefficient (Wildman–Crippen LogP) is 5.02. The Labute approximate surface area is 216 Å². The van der Waals surface area contributed by atoms with Gasteiger partial charge in [-0.05, 0) is 54.1 Å². The molecule has 11 heteroatoms. The summed E-state index contributed by atoms with van der Waals surface area (Å²) in [6.07, 6.45) is 4.87. The van der Waals surface area contributed by atoms with E-state index in [9.17, 15) is 22.8 Å². The summed E-state index contributed by atoms with van der Waals surface area (Å²) < 4.78 is 46.4. The third-order valence-electron chi connectivity index (χ3n) is 6.17. The SMILES string of the molecule is CN(C(=O)CCc1cccc(F)c1F)[C@@H](CCc1ncc[nH]1)COC(=O)Nc1cc2cc(F)ccc2cn1. The summed E-state index contributed by atoms with van der Waals surface area (Å²) in [5.41, 5.74) is 0.109. The van der Waals surface area contributed by atoms with E-state index in [0.717, 1.165) is 6.07 Å². The van der Waals surface area contributed by atoms with E-state index in [4.69, 9.17) is 4.74 Å². The van der Waals surface area contributed by atoms with E-state index >= 15 is 0 Å². The van der Waals surface area contributed by atoms with Crippen molar-refractivity contribution in [1.29, 1.82) is 0 Å². The largest absolute Gasteiger partial charge is 0.447 e. The Bertz CT molecular complexity index is 1410. The van der Waals surface area contributed by atoms with Crippen LogP contribution in [-0.4, -0.2) is 51.5 Å². The zero-order valence-corrected chi connectivity index (χ0v) is 20.6. The molecule has 0 saturated heterocycles. The number of anilines is 1. The highest BCUT2D eigenvalue weighted by Crippen LogP contribution is 2.19. The number of hydrogen-bond acceptors (Lipinski definition) is 5. The maximum Gasteiger partial charge on any atom is 0.412 e. The number of imidazole rings is 1. The molecule has 0 bridgehead atoms. The second-order valence-electron chi connectivity index (χ2n) is 8.73. The standard InChI is InChI=1S/C27H26F3N5O3/c1-35(25(36)10-6-17-3-2-4-22(29)26(17)30)21(8-9-23-31-11-12-32-23)16-38-27(37)34-24-14-19-13-20(28)7-5-18(19)15-33-24/h2-5,7,11-15,21H,6,8-10,16H2,1H3,(H,31,32)(H,33,34,37)/t21-/m0/s1. The van der Waals surface area contributed by atoms with Crippen LogP contribution in [0.25, 0.3) is 10.8 Å². The Hall–Kier alpha value is -4.41. The first-order valence-electron chi connectivity index (χ1n) is 12.0. The van der Waals surface area contributed by atoms with E-state index in [1.807, 2.05) is 0 Å². The average Bonchev–Trinajstić information content (AvgIpc) is 3.42. The highest BCUT2D eigenvalue weighted by atomic mass is 19.2. The van der Waals surface area contributed by atoms with Crippen molar-refractivity contribution in [3.05, 3.63) is 89.9 Å². The van der Waals surface area contributed by atoms with Crippen molar-refractivity contribution in [2.45, 2.75) is 31.7 Å². The maximum atomic E-state index is 14.0. The van der Waals surface area contributed by atoms with Gasteiger partial charge in [0.2, 0.25) is 5.91 Å². The highest BCUT2D eigenvalue weighted by Gasteiger charge is 2.23. The molecule has 0 aliphatic heterocycles. The molecule has 38 heavy (non-hydrogen) atoms. The van der Waals surface area contributed by atoms with Crippen molar-refractivity contribution < 1.29 is 27.5 Å². The molecule has 0 fully saturated rings. The van der Waals surface area contributed by atoms with Gasteiger partial charge in [-0.15, -0.1) is 0 Å². The lowest BCUT2D eigenvalue weighted by atomic mass is 10.1. The number of fused-ring (bicyclic) bond motifs is 1. The second kappa shape index (κ2) is 12.2. The molecule has 4 rings (SSSR count). The van der Waals surface area contributed by atoms with E-state index < -0.39 is 29.6 Å². The molecular weight excluding hydrogens is 499 g/mol. The van der Waals surface area contributed by atoms with Crippen LogP contribution in [0.3, 0.4) is 0 Å². The number of ether oxygens (including phenoxy) is 1. The van der Waals surface area contributed by atoms with Crippen molar-refractivity contribution in [3.8, 4) is 0 Å². The first-order valence-corrected chi connectivity index (χ1v) is 12.0. The summed E-state index contributed by atoms with van der Waals surface area (Å²) in [6, 6.07) is 9.08. The fourth-order valence-corrected chi connectivity index (χ4v) is 3.98. The minimum absolute atomic E-state index is 0.0211. The molecule has 2 aromatic carbocycles. The number of carbonyl (C=O) groups excluding carboxylic acids is 2. The fourth-order valence-electron chi connectivity index (χ4n) is 3.98. The van der Waals surface area contributed by atoms with Crippen LogP contribution in [0.1, 0.15) is 24.2 Å². The monoisotopic (exact) mass is 525 g/mol. The minimum atomic E-state index is -0.970. The number of likely N-dealkylation sites (N-methyl/N-ethyl adjacent to an activating group) is 1. The van der Waals surface area contributed by atoms with E-state index in [0.29, 0.717) is 29.4 Å². The van der Waals surface area contributed by atoms with Crippen molar-refractivity contribution in [2.75, 3.05) is 19.0 Å². The van der Waals surface area contributed by atoms with Gasteiger partial charge >= 0.3 is 6.09 Å². The molecule has 8 nitrogen and oxygen atoms in total. The molecule has 2 aromatic heterocycles. The molecule has 0 saturated carbocycles. The Morgan fingerprint density at radius 2 is 1.92 bits per heavy atom. The molecule has 2 heterocycles. The molecule has 0 aliphatic carbocycles. The van der Waals surface area contributed by atoms with Gasteiger partial charge in [0.1, 0.15) is 24.1 Å². The summed E-state index contributed by atoms with van der Waals surface area (Å²) in [7, 11) is 1.57. The van der Waals surface area contributed by atoms with E-state index in [2.05, 4.69) is 20.3 Å². The lowest BCUT2D eigenvalue weighted by Gasteiger charge is -2.28. The molecule has 4 aromatic rings. The van der Waals surface area contributed by atoms with Gasteiger partial charge in [0.15, 0.2) is 11.6 Å². The Morgan fingerprint density at radius 3 is 2.71 bits per heavy atom. The van der Waals surface area contributed by atoms with E-state index in [1.165, 1.54) is 41.4 Å². The third kappa shape index (κ3) is 6.87. The van der Waals surface area contributed by atoms with Gasteiger partial charge in [-0.1, -0.05) is 12.1 Å². The number of aryl methyl sites for hydroxylation is 2. The lowest BCUT2D eigenvalue weighted by Crippen LogP contribution is -2.41. The quantitative estimate of drug-likeness (QED) is 0.303. The van der Waals surface area contributed by atoms with Crippen molar-refractivity contribution in [1.82, 2.24) is 19.9 Å². The smallest absolute Gasteiger partial charge is 0.412 e. The molecule has 0 spiro atoms. The number of hydrogen-bond donors (Lipinski definition) is 2. The van der Waals surface area contributed by atoms with Gasteiger partial charge in [0, 0.05) is 43.9 Å². The summed E-state index contributed by atoms with van der Waals surface area (Å²) in [6.45, 7) is -0.134. The van der Waals surface area contributed by atoms with Gasteiger partial charge in [0.05, 0.1) is 6.04 Å². The van der Waals surface area contributed by atoms with Crippen LogP contribution < -0.4 is 5.32 Å². The normalized spacial score (nSPS) is 11.8. The fraction of sp³-hybridized carbons (Fsp3) is 0.259. The molecule has 2 amide bonds. The van der Waals surface area contributed by atoms with Crippen molar-refractivity contribution >= 4 is 28.6 Å². The van der Waals surface area contributed by atoms with Gasteiger partial charge in [-0.25, -0.2) is 27.9 Å². The minimum Gasteiger partial charge on any atom is -0.447 e.